The van der Waals surface area contributed by atoms with Crippen molar-refractivity contribution in [3.05, 3.63) is 217 Å². The summed E-state index contributed by atoms with van der Waals surface area (Å²) in [7, 11) is 0. The van der Waals surface area contributed by atoms with Crippen LogP contribution in [0.3, 0.4) is 0 Å². The van der Waals surface area contributed by atoms with Crippen molar-refractivity contribution in [1.29, 1.82) is 0 Å². The molecule has 0 amide bonds. The zero-order valence-electron chi connectivity index (χ0n) is 35.1. The molecule has 0 saturated heterocycles. The van der Waals surface area contributed by atoms with Crippen molar-refractivity contribution >= 4 is 86.2 Å². The van der Waals surface area contributed by atoms with E-state index in [0.29, 0.717) is 0 Å². The molecule has 0 heteroatoms. The Morgan fingerprint density at radius 1 is 0.254 bits per heavy atom. The fourth-order valence-corrected chi connectivity index (χ4v) is 11.8. The van der Waals surface area contributed by atoms with Crippen LogP contribution in [0.2, 0.25) is 0 Å². The summed E-state index contributed by atoms with van der Waals surface area (Å²) in [6.45, 7) is 4.80. The Kier molecular flexibility index (Phi) is 6.99. The van der Waals surface area contributed by atoms with E-state index in [4.69, 9.17) is 0 Å². The van der Waals surface area contributed by atoms with Gasteiger partial charge in [-0.05, 0) is 172 Å². The zero-order chi connectivity index (χ0) is 41.6. The van der Waals surface area contributed by atoms with Gasteiger partial charge in [0.05, 0.1) is 0 Å². The summed E-state index contributed by atoms with van der Waals surface area (Å²) in [5.41, 5.74) is 12.8. The Labute approximate surface area is 365 Å². The Balaban J connectivity index is 1.13. The van der Waals surface area contributed by atoms with Crippen molar-refractivity contribution in [2.45, 2.75) is 19.3 Å². The lowest BCUT2D eigenvalue weighted by molar-refractivity contribution is 0.661. The molecule has 0 aromatic heterocycles. The number of benzene rings is 13. The van der Waals surface area contributed by atoms with Crippen molar-refractivity contribution in [2.75, 3.05) is 0 Å². The van der Waals surface area contributed by atoms with Crippen molar-refractivity contribution in [3.63, 3.8) is 0 Å². The van der Waals surface area contributed by atoms with Crippen molar-refractivity contribution < 1.29 is 0 Å². The van der Waals surface area contributed by atoms with Gasteiger partial charge >= 0.3 is 0 Å². The van der Waals surface area contributed by atoms with E-state index in [1.54, 1.807) is 0 Å². The minimum Gasteiger partial charge on any atom is -0.0619 e. The van der Waals surface area contributed by atoms with E-state index in [2.05, 4.69) is 220 Å². The summed E-state index contributed by atoms with van der Waals surface area (Å²) in [5, 5.41) is 20.6. The summed E-state index contributed by atoms with van der Waals surface area (Å²) >= 11 is 0. The molecule has 63 heavy (non-hydrogen) atoms. The quantitative estimate of drug-likeness (QED) is 0.123. The van der Waals surface area contributed by atoms with Crippen LogP contribution in [0.1, 0.15) is 25.0 Å². The maximum Gasteiger partial charge on any atom is 0.0159 e. The lowest BCUT2D eigenvalue weighted by Crippen LogP contribution is -2.14. The summed E-state index contributed by atoms with van der Waals surface area (Å²) in [4.78, 5) is 0. The smallest absolute Gasteiger partial charge is 0.0159 e. The first-order chi connectivity index (χ1) is 31.0. The van der Waals surface area contributed by atoms with Crippen LogP contribution in [0.25, 0.3) is 131 Å². The SMILES string of the molecule is CC1(C)c2ccccc2-c2cc3c(-c4ccc5ccccc5c4)c4ccc(-c5ccc6c7cccc8cccc(c9cccc5c96)c87)cc4c(-c4ccc5ccccc5c4)c3cc21. The molecule has 292 valence electrons. The first-order valence-corrected chi connectivity index (χ1v) is 22.2. The van der Waals surface area contributed by atoms with Crippen LogP contribution in [0.15, 0.2) is 206 Å². The molecule has 0 unspecified atom stereocenters. The predicted octanol–water partition coefficient (Wildman–Crippen LogP) is 17.7. The number of hydrogen-bond acceptors (Lipinski definition) is 0. The molecule has 0 bridgehead atoms. The van der Waals surface area contributed by atoms with Crippen LogP contribution in [0.4, 0.5) is 0 Å². The van der Waals surface area contributed by atoms with Gasteiger partial charge in [-0.1, -0.05) is 190 Å². The largest absolute Gasteiger partial charge is 0.0619 e. The fraction of sp³-hybridized carbons (Fsp3) is 0.0476. The second kappa shape index (κ2) is 12.6. The van der Waals surface area contributed by atoms with E-state index in [-0.39, 0.29) is 5.41 Å². The Hall–Kier alpha value is -7.80. The third kappa shape index (κ3) is 4.81. The van der Waals surface area contributed by atoms with Crippen LogP contribution in [0, 0.1) is 0 Å². The average Bonchev–Trinajstić information content (AvgIpc) is 3.55. The third-order valence-electron chi connectivity index (χ3n) is 14.7. The maximum absolute atomic E-state index is 2.56. The van der Waals surface area contributed by atoms with E-state index in [0.717, 1.165) is 0 Å². The van der Waals surface area contributed by atoms with Gasteiger partial charge in [-0.25, -0.2) is 0 Å². The molecule has 0 spiro atoms. The molecule has 0 heterocycles. The molecule has 1 aliphatic rings. The normalized spacial score (nSPS) is 13.4. The first-order valence-electron chi connectivity index (χ1n) is 22.2. The summed E-state index contributed by atoms with van der Waals surface area (Å²) in [6, 6.07) is 78.3. The van der Waals surface area contributed by atoms with Gasteiger partial charge in [-0.3, -0.25) is 0 Å². The van der Waals surface area contributed by atoms with Crippen molar-refractivity contribution in [2.24, 2.45) is 0 Å². The first kappa shape index (κ1) is 34.9. The zero-order valence-corrected chi connectivity index (χ0v) is 35.1. The molecule has 14 rings (SSSR count). The molecule has 0 atom stereocenters. The highest BCUT2D eigenvalue weighted by molar-refractivity contribution is 6.34. The second-order valence-electron chi connectivity index (χ2n) is 18.3. The van der Waals surface area contributed by atoms with Crippen LogP contribution in [-0.4, -0.2) is 0 Å². The highest BCUT2D eigenvalue weighted by atomic mass is 14.4. The van der Waals surface area contributed by atoms with E-state index < -0.39 is 0 Å². The van der Waals surface area contributed by atoms with Crippen molar-refractivity contribution in [3.8, 4) is 44.5 Å². The van der Waals surface area contributed by atoms with Crippen LogP contribution in [-0.2, 0) is 5.41 Å². The van der Waals surface area contributed by atoms with Crippen LogP contribution < -0.4 is 0 Å². The van der Waals surface area contributed by atoms with Gasteiger partial charge in [-0.15, -0.1) is 0 Å². The Bertz CT molecular complexity index is 4060. The molecule has 0 N–H and O–H groups in total. The minimum atomic E-state index is -0.146. The Morgan fingerprint density at radius 3 is 1.48 bits per heavy atom. The number of hydrogen-bond donors (Lipinski definition) is 0. The van der Waals surface area contributed by atoms with E-state index in [9.17, 15) is 0 Å². The Morgan fingerprint density at radius 2 is 0.762 bits per heavy atom. The highest BCUT2D eigenvalue weighted by Crippen LogP contribution is 2.54. The van der Waals surface area contributed by atoms with Gasteiger partial charge in [0.25, 0.3) is 0 Å². The minimum absolute atomic E-state index is 0.146. The van der Waals surface area contributed by atoms with E-state index in [1.165, 1.54) is 142 Å². The van der Waals surface area contributed by atoms with Gasteiger partial charge < -0.3 is 0 Å². The van der Waals surface area contributed by atoms with Crippen LogP contribution >= 0.6 is 0 Å². The lowest BCUT2D eigenvalue weighted by atomic mass is 9.79. The molecule has 0 fully saturated rings. The number of fused-ring (bicyclic) bond motifs is 9. The summed E-state index contributed by atoms with van der Waals surface area (Å²) < 4.78 is 0. The maximum atomic E-state index is 2.56. The van der Waals surface area contributed by atoms with Crippen molar-refractivity contribution in [1.82, 2.24) is 0 Å². The molecule has 0 aliphatic heterocycles. The molecule has 13 aromatic carbocycles. The standard InChI is InChI=1S/C63H40/c1-63(2)57-23-8-7-18-46(57)53-35-55-56(36-58(53)63)61(44-27-25-38-13-4-6-15-41(38)33-44)54-34-42(28-29-52(54)60(55)43-26-24-37-12-3-5-14-40(37)32-43)45-30-31-51-49-20-10-17-39-16-9-19-48(59(39)49)50-22-11-21-47(45)62(50)51/h3-36H,1-2H3. The summed E-state index contributed by atoms with van der Waals surface area (Å²) in [6.07, 6.45) is 0. The molecular weight excluding hydrogens is 757 g/mol. The molecule has 13 aromatic rings. The van der Waals surface area contributed by atoms with Gasteiger partial charge in [0.15, 0.2) is 0 Å². The lowest BCUT2D eigenvalue weighted by Gasteiger charge is -2.24. The second-order valence-corrected chi connectivity index (χ2v) is 18.3. The van der Waals surface area contributed by atoms with Gasteiger partial charge in [0.1, 0.15) is 0 Å². The molecule has 0 saturated carbocycles. The summed E-state index contributed by atoms with van der Waals surface area (Å²) in [5.74, 6) is 0. The molecule has 0 nitrogen and oxygen atoms in total. The van der Waals surface area contributed by atoms with Gasteiger partial charge in [0.2, 0.25) is 0 Å². The molecule has 1 aliphatic carbocycles. The average molecular weight is 797 g/mol. The topological polar surface area (TPSA) is 0 Å². The molecular formula is C63H40. The highest BCUT2D eigenvalue weighted by Gasteiger charge is 2.36. The van der Waals surface area contributed by atoms with E-state index in [1.807, 2.05) is 0 Å². The van der Waals surface area contributed by atoms with Gasteiger partial charge in [0, 0.05) is 5.41 Å². The predicted molar refractivity (Wildman–Crippen MR) is 272 cm³/mol. The number of rotatable bonds is 3. The monoisotopic (exact) mass is 796 g/mol. The molecule has 0 radical (unpaired) electrons. The van der Waals surface area contributed by atoms with Gasteiger partial charge in [-0.2, -0.15) is 0 Å². The third-order valence-corrected chi connectivity index (χ3v) is 14.7. The van der Waals surface area contributed by atoms with E-state index >= 15 is 0 Å². The van der Waals surface area contributed by atoms with Crippen LogP contribution in [0.5, 0.6) is 0 Å². The fourth-order valence-electron chi connectivity index (χ4n) is 11.8.